The Bertz CT molecular complexity index is 237. The number of hydrogen-bond acceptors (Lipinski definition) is 2. The monoisotopic (exact) mass is 158 g/mol. The van der Waals surface area contributed by atoms with E-state index in [1.165, 1.54) is 18.2 Å². The lowest BCUT2D eigenvalue weighted by atomic mass is 10.2. The Balaban J connectivity index is 3.09. The van der Waals surface area contributed by atoms with Crippen LogP contribution in [0.4, 0.5) is 4.39 Å². The van der Waals surface area contributed by atoms with Crippen molar-refractivity contribution in [3.8, 4) is 0 Å². The standard InChI is InChI=1S/C7H7FOS/c8-6-1-2-7(10)5(3-6)4-9/h1-3,9-10H,4H2. The van der Waals surface area contributed by atoms with Crippen molar-refractivity contribution in [3.05, 3.63) is 29.6 Å². The molecule has 0 saturated heterocycles. The molecule has 1 aromatic rings. The predicted octanol–water partition coefficient (Wildman–Crippen LogP) is 1.61. The fourth-order valence-electron chi connectivity index (χ4n) is 0.681. The lowest BCUT2D eigenvalue weighted by molar-refractivity contribution is 0.278. The SMILES string of the molecule is OCc1cc(F)ccc1S. The molecule has 0 aromatic heterocycles. The van der Waals surface area contributed by atoms with Gasteiger partial charge in [0, 0.05) is 4.90 Å². The molecule has 1 rings (SSSR count). The molecule has 0 fully saturated rings. The molecule has 0 spiro atoms. The first-order chi connectivity index (χ1) is 4.74. The number of aliphatic hydroxyl groups is 1. The van der Waals surface area contributed by atoms with Gasteiger partial charge in [0.1, 0.15) is 5.82 Å². The van der Waals surface area contributed by atoms with Crippen LogP contribution in [0.1, 0.15) is 5.56 Å². The van der Waals surface area contributed by atoms with E-state index >= 15 is 0 Å². The van der Waals surface area contributed by atoms with Crippen LogP contribution in [-0.4, -0.2) is 5.11 Å². The summed E-state index contributed by atoms with van der Waals surface area (Å²) >= 11 is 4.00. The van der Waals surface area contributed by atoms with Gasteiger partial charge in [0.25, 0.3) is 0 Å². The highest BCUT2D eigenvalue weighted by molar-refractivity contribution is 7.80. The molecule has 54 valence electrons. The van der Waals surface area contributed by atoms with Crippen LogP contribution in [0, 0.1) is 5.82 Å². The van der Waals surface area contributed by atoms with Crippen molar-refractivity contribution >= 4 is 12.6 Å². The van der Waals surface area contributed by atoms with E-state index in [1.54, 1.807) is 0 Å². The Morgan fingerprint density at radius 1 is 1.50 bits per heavy atom. The Morgan fingerprint density at radius 3 is 2.70 bits per heavy atom. The van der Waals surface area contributed by atoms with E-state index in [4.69, 9.17) is 5.11 Å². The number of benzene rings is 1. The molecule has 0 bridgehead atoms. The average Bonchev–Trinajstić information content (AvgIpc) is 1.94. The first kappa shape index (κ1) is 7.57. The molecule has 1 N–H and O–H groups in total. The third-order valence-corrected chi connectivity index (χ3v) is 1.65. The van der Waals surface area contributed by atoms with Gasteiger partial charge in [-0.15, -0.1) is 12.6 Å². The normalized spacial score (nSPS) is 9.90. The van der Waals surface area contributed by atoms with Crippen LogP contribution >= 0.6 is 12.6 Å². The molecule has 0 radical (unpaired) electrons. The highest BCUT2D eigenvalue weighted by Gasteiger charge is 1.97. The van der Waals surface area contributed by atoms with Gasteiger partial charge >= 0.3 is 0 Å². The predicted molar refractivity (Wildman–Crippen MR) is 39.6 cm³/mol. The maximum Gasteiger partial charge on any atom is 0.123 e. The van der Waals surface area contributed by atoms with Gasteiger partial charge in [-0.25, -0.2) is 4.39 Å². The summed E-state index contributed by atoms with van der Waals surface area (Å²) in [4.78, 5) is 0.615. The Hall–Kier alpha value is -0.540. The van der Waals surface area contributed by atoms with E-state index in [0.717, 1.165) is 0 Å². The zero-order chi connectivity index (χ0) is 7.56. The highest BCUT2D eigenvalue weighted by Crippen LogP contribution is 2.14. The van der Waals surface area contributed by atoms with E-state index in [2.05, 4.69) is 12.6 Å². The van der Waals surface area contributed by atoms with Crippen LogP contribution in [0.15, 0.2) is 23.1 Å². The first-order valence-corrected chi connectivity index (χ1v) is 3.27. The fraction of sp³-hybridized carbons (Fsp3) is 0.143. The average molecular weight is 158 g/mol. The molecular weight excluding hydrogens is 151 g/mol. The van der Waals surface area contributed by atoms with Gasteiger partial charge in [0.05, 0.1) is 6.61 Å². The molecule has 0 atom stereocenters. The summed E-state index contributed by atoms with van der Waals surface area (Å²) in [6.07, 6.45) is 0. The lowest BCUT2D eigenvalue weighted by Crippen LogP contribution is -1.86. The van der Waals surface area contributed by atoms with Gasteiger partial charge in [0.15, 0.2) is 0 Å². The van der Waals surface area contributed by atoms with Gasteiger partial charge in [-0.3, -0.25) is 0 Å². The zero-order valence-corrected chi connectivity index (χ0v) is 6.11. The largest absolute Gasteiger partial charge is 0.392 e. The quantitative estimate of drug-likeness (QED) is 0.595. The fourth-order valence-corrected chi connectivity index (χ4v) is 0.891. The topological polar surface area (TPSA) is 20.2 Å². The number of thiol groups is 1. The molecule has 0 aliphatic heterocycles. The van der Waals surface area contributed by atoms with Gasteiger partial charge < -0.3 is 5.11 Å². The summed E-state index contributed by atoms with van der Waals surface area (Å²) in [5.74, 6) is -0.346. The number of halogens is 1. The highest BCUT2D eigenvalue weighted by atomic mass is 32.1. The van der Waals surface area contributed by atoms with Crippen molar-refractivity contribution < 1.29 is 9.50 Å². The number of hydrogen-bond donors (Lipinski definition) is 2. The van der Waals surface area contributed by atoms with Crippen molar-refractivity contribution in [2.75, 3.05) is 0 Å². The summed E-state index contributed by atoms with van der Waals surface area (Å²) in [6.45, 7) is -0.170. The molecular formula is C7H7FOS. The maximum absolute atomic E-state index is 12.4. The van der Waals surface area contributed by atoms with Gasteiger partial charge in [-0.1, -0.05) is 0 Å². The first-order valence-electron chi connectivity index (χ1n) is 2.82. The van der Waals surface area contributed by atoms with Crippen molar-refractivity contribution in [1.29, 1.82) is 0 Å². The maximum atomic E-state index is 12.4. The van der Waals surface area contributed by atoms with E-state index in [1.807, 2.05) is 0 Å². The lowest BCUT2D eigenvalue weighted by Gasteiger charge is -1.98. The molecule has 10 heavy (non-hydrogen) atoms. The summed E-state index contributed by atoms with van der Waals surface area (Å²) in [6, 6.07) is 4.09. The summed E-state index contributed by atoms with van der Waals surface area (Å²) in [7, 11) is 0. The van der Waals surface area contributed by atoms with Crippen LogP contribution in [0.5, 0.6) is 0 Å². The van der Waals surface area contributed by atoms with E-state index < -0.39 is 0 Å². The van der Waals surface area contributed by atoms with Crippen molar-refractivity contribution in [3.63, 3.8) is 0 Å². The smallest absolute Gasteiger partial charge is 0.123 e. The molecule has 1 nitrogen and oxygen atoms in total. The Morgan fingerprint density at radius 2 is 2.20 bits per heavy atom. The number of rotatable bonds is 1. The molecule has 0 amide bonds. The van der Waals surface area contributed by atoms with Crippen LogP contribution in [0.3, 0.4) is 0 Å². The van der Waals surface area contributed by atoms with Crippen LogP contribution in [0.25, 0.3) is 0 Å². The molecule has 0 aliphatic rings. The van der Waals surface area contributed by atoms with E-state index in [0.29, 0.717) is 10.5 Å². The minimum absolute atomic E-state index is 0.170. The second-order valence-corrected chi connectivity index (χ2v) is 2.41. The van der Waals surface area contributed by atoms with Gasteiger partial charge in [0.2, 0.25) is 0 Å². The van der Waals surface area contributed by atoms with Crippen LogP contribution < -0.4 is 0 Å². The van der Waals surface area contributed by atoms with E-state index in [9.17, 15) is 4.39 Å². The second kappa shape index (κ2) is 3.03. The number of aliphatic hydroxyl groups excluding tert-OH is 1. The Kier molecular flexibility index (Phi) is 2.29. The molecule has 0 aliphatic carbocycles. The van der Waals surface area contributed by atoms with Crippen molar-refractivity contribution in [2.45, 2.75) is 11.5 Å². The third kappa shape index (κ3) is 1.49. The molecule has 0 saturated carbocycles. The van der Waals surface area contributed by atoms with Crippen LogP contribution in [0.2, 0.25) is 0 Å². The second-order valence-electron chi connectivity index (χ2n) is 1.93. The molecule has 3 heteroatoms. The van der Waals surface area contributed by atoms with Crippen molar-refractivity contribution in [1.82, 2.24) is 0 Å². The van der Waals surface area contributed by atoms with Crippen molar-refractivity contribution in [2.24, 2.45) is 0 Å². The van der Waals surface area contributed by atoms with Gasteiger partial charge in [-0.05, 0) is 23.8 Å². The minimum atomic E-state index is -0.346. The summed E-state index contributed by atoms with van der Waals surface area (Å²) in [5.41, 5.74) is 0.517. The molecule has 1 aromatic carbocycles. The van der Waals surface area contributed by atoms with E-state index in [-0.39, 0.29) is 12.4 Å². The minimum Gasteiger partial charge on any atom is -0.392 e. The molecule has 0 unspecified atom stereocenters. The zero-order valence-electron chi connectivity index (χ0n) is 5.21. The summed E-state index contributed by atoms with van der Waals surface area (Å²) < 4.78 is 12.4. The van der Waals surface area contributed by atoms with Crippen LogP contribution in [-0.2, 0) is 6.61 Å². The summed E-state index contributed by atoms with van der Waals surface area (Å²) in [5, 5.41) is 8.63. The Labute approximate surface area is 63.9 Å². The van der Waals surface area contributed by atoms with Gasteiger partial charge in [-0.2, -0.15) is 0 Å². The molecule has 0 heterocycles. The third-order valence-electron chi connectivity index (χ3n) is 1.21.